The molecule has 0 amide bonds. The van der Waals surface area contributed by atoms with Gasteiger partial charge in [-0.25, -0.2) is 0 Å². The summed E-state index contributed by atoms with van der Waals surface area (Å²) in [5.74, 6) is 0.288. The van der Waals surface area contributed by atoms with Crippen LogP contribution in [0.5, 0.6) is 0 Å². The summed E-state index contributed by atoms with van der Waals surface area (Å²) < 4.78 is 5.44. The zero-order valence-electron chi connectivity index (χ0n) is 13.4. The van der Waals surface area contributed by atoms with Crippen LogP contribution < -0.4 is 0 Å². The minimum absolute atomic E-state index is 0.288. The van der Waals surface area contributed by atoms with Crippen molar-refractivity contribution in [1.29, 1.82) is 0 Å². The number of benzene rings is 2. The first-order chi connectivity index (χ1) is 11.3. The summed E-state index contributed by atoms with van der Waals surface area (Å²) in [6.45, 7) is 4.47. The van der Waals surface area contributed by atoms with E-state index < -0.39 is 0 Å². The molecule has 0 bridgehead atoms. The predicted molar refractivity (Wildman–Crippen MR) is 99.2 cm³/mol. The monoisotopic (exact) mass is 325 g/mol. The molecule has 2 aromatic rings. The third kappa shape index (κ3) is 4.71. The van der Waals surface area contributed by atoms with E-state index in [2.05, 4.69) is 65.6 Å². The molecule has 1 fully saturated rings. The van der Waals surface area contributed by atoms with Crippen molar-refractivity contribution in [3.05, 3.63) is 71.8 Å². The summed E-state index contributed by atoms with van der Waals surface area (Å²) in [5.41, 5.74) is 2.65. The second-order valence-corrected chi connectivity index (χ2v) is 6.53. The Labute approximate surface area is 144 Å². The van der Waals surface area contributed by atoms with E-state index in [1.54, 1.807) is 0 Å². The van der Waals surface area contributed by atoms with E-state index in [4.69, 9.17) is 17.0 Å². The molecule has 120 valence electrons. The van der Waals surface area contributed by atoms with Crippen molar-refractivity contribution in [3.63, 3.8) is 0 Å². The van der Waals surface area contributed by atoms with Gasteiger partial charge in [0.05, 0.1) is 13.2 Å². The summed E-state index contributed by atoms with van der Waals surface area (Å²) in [7, 11) is 0. The van der Waals surface area contributed by atoms with Crippen molar-refractivity contribution < 1.29 is 4.74 Å². The zero-order valence-corrected chi connectivity index (χ0v) is 14.2. The SMILES string of the molecule is S=C(CN1CCOCC1)[C@@H](Cc1ccccc1)c1ccccc1. The van der Waals surface area contributed by atoms with E-state index >= 15 is 0 Å². The largest absolute Gasteiger partial charge is 0.379 e. The number of thiocarbonyl (C=S) groups is 1. The Bertz CT molecular complexity index is 608. The van der Waals surface area contributed by atoms with Gasteiger partial charge >= 0.3 is 0 Å². The van der Waals surface area contributed by atoms with Crippen molar-refractivity contribution in [1.82, 2.24) is 4.90 Å². The smallest absolute Gasteiger partial charge is 0.0594 e. The van der Waals surface area contributed by atoms with E-state index in [9.17, 15) is 0 Å². The van der Waals surface area contributed by atoms with Crippen LogP contribution in [0.1, 0.15) is 17.0 Å². The van der Waals surface area contributed by atoms with Crippen LogP contribution in [0.4, 0.5) is 0 Å². The van der Waals surface area contributed by atoms with E-state index in [0.29, 0.717) is 0 Å². The molecule has 1 aliphatic heterocycles. The van der Waals surface area contributed by atoms with Gasteiger partial charge in [0.2, 0.25) is 0 Å². The summed E-state index contributed by atoms with van der Waals surface area (Å²) in [4.78, 5) is 3.54. The van der Waals surface area contributed by atoms with Crippen molar-refractivity contribution in [2.45, 2.75) is 12.3 Å². The number of morpholine rings is 1. The van der Waals surface area contributed by atoms with Crippen LogP contribution in [0.3, 0.4) is 0 Å². The Hall–Kier alpha value is -1.55. The molecule has 0 spiro atoms. The molecule has 0 radical (unpaired) electrons. The highest BCUT2D eigenvalue weighted by Crippen LogP contribution is 2.23. The van der Waals surface area contributed by atoms with E-state index in [-0.39, 0.29) is 5.92 Å². The molecular formula is C20H23NOS. The maximum absolute atomic E-state index is 5.85. The molecule has 0 aliphatic carbocycles. The Kier molecular flexibility index (Phi) is 5.92. The molecule has 3 rings (SSSR count). The molecule has 1 saturated heterocycles. The maximum atomic E-state index is 5.85. The van der Waals surface area contributed by atoms with Crippen molar-refractivity contribution >= 4 is 17.1 Å². The van der Waals surface area contributed by atoms with Gasteiger partial charge in [0.25, 0.3) is 0 Å². The van der Waals surface area contributed by atoms with E-state index in [1.807, 2.05) is 0 Å². The maximum Gasteiger partial charge on any atom is 0.0594 e. The lowest BCUT2D eigenvalue weighted by Crippen LogP contribution is -2.40. The second kappa shape index (κ2) is 8.34. The van der Waals surface area contributed by atoms with Gasteiger partial charge in [0, 0.05) is 30.4 Å². The van der Waals surface area contributed by atoms with Crippen molar-refractivity contribution in [2.24, 2.45) is 0 Å². The third-order valence-corrected chi connectivity index (χ3v) is 4.77. The molecule has 3 heteroatoms. The molecule has 1 aliphatic rings. The summed E-state index contributed by atoms with van der Waals surface area (Å²) in [6, 6.07) is 21.3. The summed E-state index contributed by atoms with van der Waals surface area (Å²) >= 11 is 5.85. The third-order valence-electron chi connectivity index (χ3n) is 4.36. The molecule has 1 atom stereocenters. The molecule has 0 aromatic heterocycles. The Balaban J connectivity index is 1.75. The summed E-state index contributed by atoms with van der Waals surface area (Å²) in [6.07, 6.45) is 0.966. The van der Waals surface area contributed by atoms with Gasteiger partial charge in [0.1, 0.15) is 0 Å². The number of nitrogens with zero attached hydrogens (tertiary/aromatic N) is 1. The quantitative estimate of drug-likeness (QED) is 0.751. The van der Waals surface area contributed by atoms with Crippen LogP contribution in [-0.2, 0) is 11.2 Å². The highest BCUT2D eigenvalue weighted by atomic mass is 32.1. The topological polar surface area (TPSA) is 12.5 Å². The minimum atomic E-state index is 0.288. The molecule has 23 heavy (non-hydrogen) atoms. The highest BCUT2D eigenvalue weighted by molar-refractivity contribution is 7.80. The molecule has 1 heterocycles. The summed E-state index contributed by atoms with van der Waals surface area (Å²) in [5, 5.41) is 0. The highest BCUT2D eigenvalue weighted by Gasteiger charge is 2.21. The molecule has 0 N–H and O–H groups in total. The van der Waals surface area contributed by atoms with Crippen molar-refractivity contribution in [2.75, 3.05) is 32.8 Å². The van der Waals surface area contributed by atoms with Gasteiger partial charge < -0.3 is 4.74 Å². The Morgan fingerprint density at radius 2 is 1.57 bits per heavy atom. The van der Waals surface area contributed by atoms with Crippen molar-refractivity contribution in [3.8, 4) is 0 Å². The van der Waals surface area contributed by atoms with Gasteiger partial charge in [0.15, 0.2) is 0 Å². The van der Waals surface area contributed by atoms with Crippen LogP contribution in [0.2, 0.25) is 0 Å². The fraction of sp³-hybridized carbons (Fsp3) is 0.350. The standard InChI is InChI=1S/C20H23NOS/c23-20(16-21-11-13-22-14-12-21)19(18-9-5-2-6-10-18)15-17-7-3-1-4-8-17/h1-10,19H,11-16H2/t19-/m0/s1. The fourth-order valence-corrected chi connectivity index (χ4v) is 3.44. The molecule has 2 nitrogen and oxygen atoms in total. The van der Waals surface area contributed by atoms with Crippen LogP contribution in [-0.4, -0.2) is 42.6 Å². The van der Waals surface area contributed by atoms with Crippen LogP contribution in [0.25, 0.3) is 0 Å². The Morgan fingerprint density at radius 1 is 0.957 bits per heavy atom. The first-order valence-electron chi connectivity index (χ1n) is 8.24. The lowest BCUT2D eigenvalue weighted by atomic mass is 9.89. The normalized spacial score (nSPS) is 16.9. The Morgan fingerprint density at radius 3 is 2.22 bits per heavy atom. The lowest BCUT2D eigenvalue weighted by Gasteiger charge is -2.29. The first kappa shape index (κ1) is 16.3. The fourth-order valence-electron chi connectivity index (χ4n) is 3.04. The van der Waals surface area contributed by atoms with Crippen LogP contribution >= 0.6 is 12.2 Å². The predicted octanol–water partition coefficient (Wildman–Crippen LogP) is 3.72. The average Bonchev–Trinajstić information content (AvgIpc) is 2.62. The lowest BCUT2D eigenvalue weighted by molar-refractivity contribution is 0.0452. The second-order valence-electron chi connectivity index (χ2n) is 6.01. The van der Waals surface area contributed by atoms with Gasteiger partial charge in [-0.05, 0) is 17.5 Å². The van der Waals surface area contributed by atoms with Gasteiger partial charge in [-0.2, -0.15) is 0 Å². The van der Waals surface area contributed by atoms with E-state index in [0.717, 1.165) is 44.1 Å². The number of hydrogen-bond acceptors (Lipinski definition) is 3. The number of hydrogen-bond donors (Lipinski definition) is 0. The van der Waals surface area contributed by atoms with Gasteiger partial charge in [-0.3, -0.25) is 4.90 Å². The molecule has 0 saturated carbocycles. The number of ether oxygens (including phenoxy) is 1. The molecular weight excluding hydrogens is 302 g/mol. The van der Waals surface area contributed by atoms with Gasteiger partial charge in [-0.1, -0.05) is 72.9 Å². The zero-order chi connectivity index (χ0) is 15.9. The van der Waals surface area contributed by atoms with Gasteiger partial charge in [-0.15, -0.1) is 0 Å². The average molecular weight is 325 g/mol. The molecule has 2 aromatic carbocycles. The first-order valence-corrected chi connectivity index (χ1v) is 8.65. The number of rotatable bonds is 6. The van der Waals surface area contributed by atoms with Crippen LogP contribution in [0.15, 0.2) is 60.7 Å². The van der Waals surface area contributed by atoms with Crippen LogP contribution in [0, 0.1) is 0 Å². The molecule has 0 unspecified atom stereocenters. The minimum Gasteiger partial charge on any atom is -0.379 e. The van der Waals surface area contributed by atoms with E-state index in [1.165, 1.54) is 11.1 Å².